The summed E-state index contributed by atoms with van der Waals surface area (Å²) in [4.78, 5) is 2.62. The Morgan fingerprint density at radius 2 is 1.24 bits per heavy atom. The summed E-state index contributed by atoms with van der Waals surface area (Å²) < 4.78 is 0. The molecule has 0 amide bonds. The lowest BCUT2D eigenvalue weighted by Gasteiger charge is -2.35. The summed E-state index contributed by atoms with van der Waals surface area (Å²) in [7, 11) is 0. The van der Waals surface area contributed by atoms with Crippen molar-refractivity contribution in [2.24, 2.45) is 0 Å². The van der Waals surface area contributed by atoms with E-state index in [4.69, 9.17) is 0 Å². The Hall–Kier alpha value is -0.0800. The van der Waals surface area contributed by atoms with Gasteiger partial charge in [-0.3, -0.25) is 0 Å². The van der Waals surface area contributed by atoms with Crippen molar-refractivity contribution in [3.8, 4) is 0 Å². The average molecular weight is 295 g/mol. The molecule has 1 heterocycles. The van der Waals surface area contributed by atoms with Crippen LogP contribution in [0.2, 0.25) is 0 Å². The molecule has 0 radical (unpaired) electrons. The molecular formula is C19H38N2. The van der Waals surface area contributed by atoms with Gasteiger partial charge >= 0.3 is 0 Å². The molecule has 2 heteroatoms. The van der Waals surface area contributed by atoms with E-state index in [0.29, 0.717) is 0 Å². The number of rotatable bonds is 3. The molecule has 0 aromatic rings. The standard InChI is InChI=1S/C19H38N2/c1-2-21-16-12-15-19(17-21)20-18-13-10-8-6-4-3-5-7-9-11-14-18/h18-20H,2-17H2,1H3. The highest BCUT2D eigenvalue weighted by Gasteiger charge is 2.21. The molecule has 1 aliphatic heterocycles. The maximum Gasteiger partial charge on any atom is 0.0198 e. The molecule has 0 bridgehead atoms. The average Bonchev–Trinajstić information content (AvgIpc) is 2.50. The Labute approximate surface area is 133 Å². The van der Waals surface area contributed by atoms with Crippen molar-refractivity contribution in [2.75, 3.05) is 19.6 Å². The minimum atomic E-state index is 0.761. The molecule has 1 saturated carbocycles. The van der Waals surface area contributed by atoms with Gasteiger partial charge in [0, 0.05) is 18.6 Å². The van der Waals surface area contributed by atoms with Gasteiger partial charge in [0.25, 0.3) is 0 Å². The van der Waals surface area contributed by atoms with E-state index in [1.54, 1.807) is 0 Å². The topological polar surface area (TPSA) is 15.3 Å². The van der Waals surface area contributed by atoms with E-state index in [2.05, 4.69) is 17.1 Å². The molecule has 2 aliphatic rings. The lowest BCUT2D eigenvalue weighted by molar-refractivity contribution is 0.185. The maximum absolute atomic E-state index is 4.03. The minimum absolute atomic E-state index is 0.761. The summed E-state index contributed by atoms with van der Waals surface area (Å²) in [5, 5.41) is 4.03. The van der Waals surface area contributed by atoms with Crippen molar-refractivity contribution in [2.45, 2.75) is 102 Å². The third kappa shape index (κ3) is 7.15. The van der Waals surface area contributed by atoms with Crippen LogP contribution in [0, 0.1) is 0 Å². The Bertz CT molecular complexity index is 242. The molecule has 1 unspecified atom stereocenters. The Balaban J connectivity index is 1.74. The zero-order valence-corrected chi connectivity index (χ0v) is 14.4. The number of likely N-dealkylation sites (tertiary alicyclic amines) is 1. The van der Waals surface area contributed by atoms with Gasteiger partial charge < -0.3 is 10.2 Å². The second-order valence-electron chi connectivity index (χ2n) is 7.36. The highest BCUT2D eigenvalue weighted by Crippen LogP contribution is 2.19. The molecule has 21 heavy (non-hydrogen) atoms. The van der Waals surface area contributed by atoms with Gasteiger partial charge in [0.15, 0.2) is 0 Å². The molecule has 0 aromatic heterocycles. The van der Waals surface area contributed by atoms with Crippen LogP contribution in [-0.2, 0) is 0 Å². The van der Waals surface area contributed by atoms with Gasteiger partial charge in [-0.15, -0.1) is 0 Å². The minimum Gasteiger partial charge on any atom is -0.310 e. The van der Waals surface area contributed by atoms with Crippen LogP contribution in [0.5, 0.6) is 0 Å². The summed E-state index contributed by atoms with van der Waals surface area (Å²) in [6, 6.07) is 1.56. The van der Waals surface area contributed by atoms with Crippen LogP contribution in [0.25, 0.3) is 0 Å². The molecule has 1 N–H and O–H groups in total. The molecular weight excluding hydrogens is 256 g/mol. The third-order valence-electron chi connectivity index (χ3n) is 5.53. The van der Waals surface area contributed by atoms with E-state index in [1.807, 2.05) is 0 Å². The predicted molar refractivity (Wildman–Crippen MR) is 92.8 cm³/mol. The summed E-state index contributed by atoms with van der Waals surface area (Å²) in [6.45, 7) is 6.13. The molecule has 2 fully saturated rings. The molecule has 1 saturated heterocycles. The molecule has 2 nitrogen and oxygen atoms in total. The number of hydrogen-bond acceptors (Lipinski definition) is 2. The smallest absolute Gasteiger partial charge is 0.0198 e. The van der Waals surface area contributed by atoms with Gasteiger partial charge in [-0.2, -0.15) is 0 Å². The quantitative estimate of drug-likeness (QED) is 0.809. The zero-order chi connectivity index (χ0) is 14.8. The summed E-state index contributed by atoms with van der Waals surface area (Å²) in [5.41, 5.74) is 0. The van der Waals surface area contributed by atoms with E-state index >= 15 is 0 Å². The zero-order valence-electron chi connectivity index (χ0n) is 14.4. The van der Waals surface area contributed by atoms with E-state index < -0.39 is 0 Å². The molecule has 1 aliphatic carbocycles. The van der Waals surface area contributed by atoms with Crippen LogP contribution in [0.1, 0.15) is 90.4 Å². The van der Waals surface area contributed by atoms with Crippen LogP contribution in [0.4, 0.5) is 0 Å². The monoisotopic (exact) mass is 294 g/mol. The normalized spacial score (nSPS) is 28.7. The summed E-state index contributed by atoms with van der Waals surface area (Å²) >= 11 is 0. The van der Waals surface area contributed by atoms with E-state index in [0.717, 1.165) is 12.1 Å². The van der Waals surface area contributed by atoms with Crippen LogP contribution in [-0.4, -0.2) is 36.6 Å². The van der Waals surface area contributed by atoms with Gasteiger partial charge in [-0.05, 0) is 38.8 Å². The summed E-state index contributed by atoms with van der Waals surface area (Å²) in [5.74, 6) is 0. The number of nitrogens with zero attached hydrogens (tertiary/aromatic N) is 1. The Morgan fingerprint density at radius 1 is 0.714 bits per heavy atom. The largest absolute Gasteiger partial charge is 0.310 e. The van der Waals surface area contributed by atoms with E-state index in [9.17, 15) is 0 Å². The second kappa shape index (κ2) is 10.6. The molecule has 0 aromatic carbocycles. The SMILES string of the molecule is CCN1CCCC(NC2CCCCCCCCCCC2)C1. The van der Waals surface area contributed by atoms with Crippen LogP contribution in [0.15, 0.2) is 0 Å². The first-order chi connectivity index (χ1) is 10.4. The van der Waals surface area contributed by atoms with Crippen molar-refractivity contribution in [3.05, 3.63) is 0 Å². The Morgan fingerprint density at radius 3 is 1.81 bits per heavy atom. The third-order valence-corrected chi connectivity index (χ3v) is 5.53. The summed E-state index contributed by atoms with van der Waals surface area (Å²) in [6.07, 6.45) is 18.8. The first-order valence-corrected chi connectivity index (χ1v) is 9.87. The maximum atomic E-state index is 4.03. The van der Waals surface area contributed by atoms with Crippen LogP contribution < -0.4 is 5.32 Å². The predicted octanol–water partition coefficient (Wildman–Crippen LogP) is 4.73. The van der Waals surface area contributed by atoms with E-state index in [-0.39, 0.29) is 0 Å². The van der Waals surface area contributed by atoms with Crippen molar-refractivity contribution in [1.82, 2.24) is 10.2 Å². The number of nitrogens with one attached hydrogen (secondary N) is 1. The first-order valence-electron chi connectivity index (χ1n) is 9.87. The number of likely N-dealkylation sites (N-methyl/N-ethyl adjacent to an activating group) is 1. The molecule has 2 rings (SSSR count). The number of piperidine rings is 1. The highest BCUT2D eigenvalue weighted by atomic mass is 15.2. The molecule has 1 atom stereocenters. The van der Waals surface area contributed by atoms with Gasteiger partial charge in [0.1, 0.15) is 0 Å². The van der Waals surface area contributed by atoms with Crippen molar-refractivity contribution >= 4 is 0 Å². The van der Waals surface area contributed by atoms with Crippen molar-refractivity contribution in [1.29, 1.82) is 0 Å². The van der Waals surface area contributed by atoms with Crippen molar-refractivity contribution < 1.29 is 0 Å². The lowest BCUT2D eigenvalue weighted by atomic mass is 9.96. The number of hydrogen-bond donors (Lipinski definition) is 1. The fourth-order valence-corrected chi connectivity index (χ4v) is 4.14. The Kier molecular flexibility index (Phi) is 8.73. The molecule has 0 spiro atoms. The second-order valence-corrected chi connectivity index (χ2v) is 7.36. The molecule has 124 valence electrons. The van der Waals surface area contributed by atoms with Gasteiger partial charge in [0.05, 0.1) is 0 Å². The van der Waals surface area contributed by atoms with Crippen LogP contribution >= 0.6 is 0 Å². The van der Waals surface area contributed by atoms with Gasteiger partial charge in [-0.1, -0.05) is 64.7 Å². The lowest BCUT2D eigenvalue weighted by Crippen LogP contribution is -2.49. The van der Waals surface area contributed by atoms with Crippen molar-refractivity contribution in [3.63, 3.8) is 0 Å². The van der Waals surface area contributed by atoms with Gasteiger partial charge in [-0.25, -0.2) is 0 Å². The van der Waals surface area contributed by atoms with Gasteiger partial charge in [0.2, 0.25) is 0 Å². The first kappa shape index (κ1) is 17.3. The fraction of sp³-hybridized carbons (Fsp3) is 1.00. The van der Waals surface area contributed by atoms with Crippen LogP contribution in [0.3, 0.4) is 0 Å². The van der Waals surface area contributed by atoms with E-state index in [1.165, 1.54) is 103 Å². The highest BCUT2D eigenvalue weighted by molar-refractivity contribution is 4.81. The fourth-order valence-electron chi connectivity index (χ4n) is 4.14.